The third kappa shape index (κ3) is 2.99. The molecule has 0 aliphatic carbocycles. The Balaban J connectivity index is 3.07. The summed E-state index contributed by atoms with van der Waals surface area (Å²) < 4.78 is 5.23. The SMILES string of the molecule is CCOC(CC)NC. The van der Waals surface area contributed by atoms with E-state index in [9.17, 15) is 0 Å². The van der Waals surface area contributed by atoms with Gasteiger partial charge in [-0.3, -0.25) is 5.32 Å². The molecule has 1 unspecified atom stereocenters. The second-order valence-corrected chi connectivity index (χ2v) is 1.64. The fourth-order valence-corrected chi connectivity index (χ4v) is 0.606. The molecule has 8 heavy (non-hydrogen) atoms. The lowest BCUT2D eigenvalue weighted by atomic mass is 10.4. The van der Waals surface area contributed by atoms with Gasteiger partial charge in [-0.05, 0) is 20.4 Å². The molecule has 0 heterocycles. The molecule has 1 N–H and O–H groups in total. The monoisotopic (exact) mass is 117 g/mol. The van der Waals surface area contributed by atoms with Crippen LogP contribution in [0.25, 0.3) is 0 Å². The average Bonchev–Trinajstić information content (AvgIpc) is 1.83. The molecule has 50 valence electrons. The Kier molecular flexibility index (Phi) is 5.01. The first kappa shape index (κ1) is 7.92. The van der Waals surface area contributed by atoms with Crippen LogP contribution in [0.2, 0.25) is 0 Å². The van der Waals surface area contributed by atoms with Crippen molar-refractivity contribution in [1.29, 1.82) is 0 Å². The van der Waals surface area contributed by atoms with Crippen molar-refractivity contribution in [2.45, 2.75) is 26.5 Å². The van der Waals surface area contributed by atoms with E-state index in [-0.39, 0.29) is 6.23 Å². The summed E-state index contributed by atoms with van der Waals surface area (Å²) in [4.78, 5) is 0. The number of rotatable bonds is 4. The zero-order valence-corrected chi connectivity index (χ0v) is 5.90. The predicted molar refractivity (Wildman–Crippen MR) is 34.8 cm³/mol. The second-order valence-electron chi connectivity index (χ2n) is 1.64. The van der Waals surface area contributed by atoms with E-state index in [1.165, 1.54) is 0 Å². The van der Waals surface area contributed by atoms with Crippen LogP contribution in [0.15, 0.2) is 0 Å². The maximum atomic E-state index is 5.23. The molecule has 0 rings (SSSR count). The topological polar surface area (TPSA) is 21.3 Å². The molecule has 2 nitrogen and oxygen atoms in total. The highest BCUT2D eigenvalue weighted by atomic mass is 16.5. The maximum Gasteiger partial charge on any atom is 0.107 e. The standard InChI is InChI=1S/C6H15NO/c1-4-6(7-3)8-5-2/h6-7H,4-5H2,1-3H3. The molecule has 0 spiro atoms. The summed E-state index contributed by atoms with van der Waals surface area (Å²) in [6.07, 6.45) is 1.28. The molecule has 1 atom stereocenters. The van der Waals surface area contributed by atoms with Crippen LogP contribution >= 0.6 is 0 Å². The molecule has 0 bridgehead atoms. The van der Waals surface area contributed by atoms with Crippen LogP contribution < -0.4 is 5.32 Å². The summed E-state index contributed by atoms with van der Waals surface area (Å²) in [6, 6.07) is 0. The van der Waals surface area contributed by atoms with E-state index in [0.29, 0.717) is 0 Å². The summed E-state index contributed by atoms with van der Waals surface area (Å²) in [5.41, 5.74) is 0. The molecule has 0 saturated heterocycles. The highest BCUT2D eigenvalue weighted by Crippen LogP contribution is 1.89. The van der Waals surface area contributed by atoms with E-state index in [4.69, 9.17) is 4.74 Å². The van der Waals surface area contributed by atoms with E-state index in [0.717, 1.165) is 13.0 Å². The van der Waals surface area contributed by atoms with Gasteiger partial charge in [0.15, 0.2) is 0 Å². The minimum atomic E-state index is 0.250. The van der Waals surface area contributed by atoms with Gasteiger partial charge in [0.05, 0.1) is 0 Å². The van der Waals surface area contributed by atoms with Gasteiger partial charge in [-0.2, -0.15) is 0 Å². The number of nitrogens with one attached hydrogen (secondary N) is 1. The van der Waals surface area contributed by atoms with Crippen molar-refractivity contribution in [2.75, 3.05) is 13.7 Å². The third-order valence-corrected chi connectivity index (χ3v) is 1.06. The lowest BCUT2D eigenvalue weighted by Crippen LogP contribution is -2.27. The van der Waals surface area contributed by atoms with Crippen LogP contribution in [0, 0.1) is 0 Å². The number of hydrogen-bond donors (Lipinski definition) is 1. The van der Waals surface area contributed by atoms with Crippen molar-refractivity contribution < 1.29 is 4.74 Å². The fraction of sp³-hybridized carbons (Fsp3) is 1.00. The molecule has 0 amide bonds. The van der Waals surface area contributed by atoms with Gasteiger partial charge in [0.2, 0.25) is 0 Å². The van der Waals surface area contributed by atoms with Crippen molar-refractivity contribution in [3.8, 4) is 0 Å². The zero-order chi connectivity index (χ0) is 6.41. The predicted octanol–water partition coefficient (Wildman–Crippen LogP) is 0.978. The molecule has 0 fully saturated rings. The fourth-order valence-electron chi connectivity index (χ4n) is 0.606. The lowest BCUT2D eigenvalue weighted by molar-refractivity contribution is 0.0415. The normalized spacial score (nSPS) is 13.9. The molecule has 0 aliphatic heterocycles. The molecule has 0 saturated carbocycles. The van der Waals surface area contributed by atoms with E-state index >= 15 is 0 Å². The summed E-state index contributed by atoms with van der Waals surface area (Å²) >= 11 is 0. The molecular formula is C6H15NO. The quantitative estimate of drug-likeness (QED) is 0.554. The lowest BCUT2D eigenvalue weighted by Gasteiger charge is -2.12. The molecule has 0 aliphatic rings. The van der Waals surface area contributed by atoms with Gasteiger partial charge < -0.3 is 4.74 Å². The summed E-state index contributed by atoms with van der Waals surface area (Å²) in [5.74, 6) is 0. The third-order valence-electron chi connectivity index (χ3n) is 1.06. The van der Waals surface area contributed by atoms with E-state index in [2.05, 4.69) is 12.2 Å². The number of hydrogen-bond acceptors (Lipinski definition) is 2. The Bertz CT molecular complexity index is 43.8. The van der Waals surface area contributed by atoms with Crippen molar-refractivity contribution in [1.82, 2.24) is 5.32 Å². The van der Waals surface area contributed by atoms with Gasteiger partial charge in [0.1, 0.15) is 6.23 Å². The minimum absolute atomic E-state index is 0.250. The summed E-state index contributed by atoms with van der Waals surface area (Å²) in [6.45, 7) is 4.89. The number of ether oxygens (including phenoxy) is 1. The van der Waals surface area contributed by atoms with Crippen molar-refractivity contribution in [2.24, 2.45) is 0 Å². The molecule has 0 aromatic carbocycles. The molecule has 2 heteroatoms. The molecule has 0 aromatic rings. The highest BCUT2D eigenvalue weighted by Gasteiger charge is 1.97. The van der Waals surface area contributed by atoms with E-state index < -0.39 is 0 Å². The first-order valence-electron chi connectivity index (χ1n) is 3.14. The summed E-state index contributed by atoms with van der Waals surface area (Å²) in [5, 5.41) is 3.03. The van der Waals surface area contributed by atoms with Crippen LogP contribution in [0.5, 0.6) is 0 Å². The van der Waals surface area contributed by atoms with Crippen LogP contribution in [-0.2, 0) is 4.74 Å². The maximum absolute atomic E-state index is 5.23. The van der Waals surface area contributed by atoms with Gasteiger partial charge in [0.25, 0.3) is 0 Å². The van der Waals surface area contributed by atoms with Crippen molar-refractivity contribution >= 4 is 0 Å². The van der Waals surface area contributed by atoms with Gasteiger partial charge in [-0.15, -0.1) is 0 Å². The van der Waals surface area contributed by atoms with E-state index in [1.807, 2.05) is 14.0 Å². The van der Waals surface area contributed by atoms with Crippen LogP contribution in [0.3, 0.4) is 0 Å². The molecule has 0 radical (unpaired) electrons. The Morgan fingerprint density at radius 3 is 2.25 bits per heavy atom. The van der Waals surface area contributed by atoms with Crippen LogP contribution in [-0.4, -0.2) is 19.9 Å². The van der Waals surface area contributed by atoms with Crippen LogP contribution in [0.4, 0.5) is 0 Å². The molecule has 0 aromatic heterocycles. The van der Waals surface area contributed by atoms with Crippen molar-refractivity contribution in [3.63, 3.8) is 0 Å². The van der Waals surface area contributed by atoms with Crippen LogP contribution in [0.1, 0.15) is 20.3 Å². The molecular weight excluding hydrogens is 102 g/mol. The summed E-state index contributed by atoms with van der Waals surface area (Å²) in [7, 11) is 1.91. The first-order chi connectivity index (χ1) is 3.85. The Labute approximate surface area is 51.2 Å². The minimum Gasteiger partial charge on any atom is -0.364 e. The van der Waals surface area contributed by atoms with E-state index in [1.54, 1.807) is 0 Å². The smallest absolute Gasteiger partial charge is 0.107 e. The zero-order valence-electron chi connectivity index (χ0n) is 5.90. The average molecular weight is 117 g/mol. The largest absolute Gasteiger partial charge is 0.364 e. The second kappa shape index (κ2) is 5.06. The van der Waals surface area contributed by atoms with Gasteiger partial charge >= 0.3 is 0 Å². The van der Waals surface area contributed by atoms with Gasteiger partial charge in [-0.1, -0.05) is 6.92 Å². The Morgan fingerprint density at radius 1 is 1.50 bits per heavy atom. The first-order valence-corrected chi connectivity index (χ1v) is 3.14. The van der Waals surface area contributed by atoms with Gasteiger partial charge in [-0.25, -0.2) is 0 Å². The highest BCUT2D eigenvalue weighted by molar-refractivity contribution is 4.44. The van der Waals surface area contributed by atoms with Gasteiger partial charge in [0, 0.05) is 6.61 Å². The van der Waals surface area contributed by atoms with Crippen molar-refractivity contribution in [3.05, 3.63) is 0 Å². The Hall–Kier alpha value is -0.0800. The Morgan fingerprint density at radius 2 is 2.12 bits per heavy atom.